The van der Waals surface area contributed by atoms with Crippen LogP contribution in [0.15, 0.2) is 24.5 Å². The minimum Gasteiger partial charge on any atom is -0.487 e. The zero-order valence-corrected chi connectivity index (χ0v) is 15.2. The van der Waals surface area contributed by atoms with Gasteiger partial charge in [0.1, 0.15) is 11.9 Å². The van der Waals surface area contributed by atoms with Gasteiger partial charge in [-0.2, -0.15) is 0 Å². The molecule has 1 saturated heterocycles. The Morgan fingerprint density at radius 1 is 1.46 bits per heavy atom. The van der Waals surface area contributed by atoms with Crippen molar-refractivity contribution in [1.82, 2.24) is 15.2 Å². The van der Waals surface area contributed by atoms with Crippen molar-refractivity contribution in [2.75, 3.05) is 20.1 Å². The molecule has 0 spiro atoms. The van der Waals surface area contributed by atoms with Crippen LogP contribution in [-0.2, 0) is 4.79 Å². The Kier molecular flexibility index (Phi) is 6.79. The molecule has 2 heterocycles. The number of hydrogen-bond donors (Lipinski definition) is 1. The second-order valence-electron chi connectivity index (χ2n) is 6.75. The molecule has 1 aromatic heterocycles. The Balaban J connectivity index is 1.90. The van der Waals surface area contributed by atoms with E-state index in [-0.39, 0.29) is 17.9 Å². The number of pyridine rings is 1. The van der Waals surface area contributed by atoms with E-state index in [1.165, 1.54) is 0 Å². The second kappa shape index (κ2) is 8.83. The number of likely N-dealkylation sites (tertiary alicyclic amines) is 1. The van der Waals surface area contributed by atoms with Gasteiger partial charge in [-0.3, -0.25) is 9.78 Å². The number of carbonyl (C=O) groups excluding carboxylic acids is 1. The van der Waals surface area contributed by atoms with Crippen LogP contribution < -0.4 is 10.1 Å². The first-order valence-corrected chi connectivity index (χ1v) is 8.74. The highest BCUT2D eigenvalue weighted by Gasteiger charge is 2.28. The first-order chi connectivity index (χ1) is 11.5. The molecular weight excluding hydrogens is 302 g/mol. The van der Waals surface area contributed by atoms with Gasteiger partial charge in [0, 0.05) is 31.1 Å². The summed E-state index contributed by atoms with van der Waals surface area (Å²) in [5.41, 5.74) is 1.03. The molecule has 5 nitrogen and oxygen atoms in total. The minimum atomic E-state index is 0.0406. The summed E-state index contributed by atoms with van der Waals surface area (Å²) in [5.74, 6) is 1.01. The third-order valence-electron chi connectivity index (χ3n) is 4.28. The van der Waals surface area contributed by atoms with E-state index in [1.54, 1.807) is 6.20 Å². The smallest absolute Gasteiger partial charge is 0.225 e. The molecular formula is C19H29N3O2. The number of nitrogens with one attached hydrogen (secondary N) is 1. The molecule has 5 heteroatoms. The molecule has 1 fully saturated rings. The number of rotatable bonds is 7. The number of amides is 1. The van der Waals surface area contributed by atoms with Crippen LogP contribution in [0.3, 0.4) is 0 Å². The number of carbonyl (C=O) groups is 1. The molecule has 1 aromatic rings. The molecule has 1 aliphatic heterocycles. The number of ether oxygens (including phenoxy) is 1. The Morgan fingerprint density at radius 2 is 2.25 bits per heavy atom. The largest absolute Gasteiger partial charge is 0.487 e. The summed E-state index contributed by atoms with van der Waals surface area (Å²) >= 11 is 0. The Morgan fingerprint density at radius 3 is 2.96 bits per heavy atom. The van der Waals surface area contributed by atoms with Crippen LogP contribution in [0.4, 0.5) is 0 Å². The third-order valence-corrected chi connectivity index (χ3v) is 4.28. The van der Waals surface area contributed by atoms with Crippen molar-refractivity contribution in [3.8, 4) is 5.75 Å². The van der Waals surface area contributed by atoms with Crippen LogP contribution in [-0.4, -0.2) is 48.1 Å². The molecule has 2 atom stereocenters. The predicted octanol–water partition coefficient (Wildman–Crippen LogP) is 2.73. The van der Waals surface area contributed by atoms with Crippen molar-refractivity contribution in [2.24, 2.45) is 5.92 Å². The molecule has 1 N–H and O–H groups in total. The van der Waals surface area contributed by atoms with Crippen LogP contribution in [0.1, 0.15) is 39.2 Å². The van der Waals surface area contributed by atoms with Gasteiger partial charge in [0.05, 0.1) is 12.7 Å². The maximum Gasteiger partial charge on any atom is 0.225 e. The van der Waals surface area contributed by atoms with Gasteiger partial charge in [-0.15, -0.1) is 0 Å². The van der Waals surface area contributed by atoms with Gasteiger partial charge in [-0.25, -0.2) is 0 Å². The lowest BCUT2D eigenvalue weighted by Crippen LogP contribution is -2.33. The molecule has 0 radical (unpaired) electrons. The van der Waals surface area contributed by atoms with Crippen molar-refractivity contribution < 1.29 is 9.53 Å². The third kappa shape index (κ3) is 5.34. The average Bonchev–Trinajstić information content (AvgIpc) is 3.02. The fourth-order valence-electron chi connectivity index (χ4n) is 2.70. The van der Waals surface area contributed by atoms with Gasteiger partial charge in [-0.1, -0.05) is 26.0 Å². The normalized spacial score (nSPS) is 19.2. The molecule has 0 aliphatic carbocycles. The predicted molar refractivity (Wildman–Crippen MR) is 96.9 cm³/mol. The van der Waals surface area contributed by atoms with Crippen LogP contribution in [0.5, 0.6) is 5.75 Å². The highest BCUT2D eigenvalue weighted by atomic mass is 16.5. The fraction of sp³-hybridized carbons (Fsp3) is 0.579. The summed E-state index contributed by atoms with van der Waals surface area (Å²) in [6, 6.07) is 2.46. The Bertz CT molecular complexity index is 571. The molecule has 1 aliphatic rings. The molecule has 0 unspecified atom stereocenters. The van der Waals surface area contributed by atoms with Crippen LogP contribution in [0, 0.1) is 5.92 Å². The van der Waals surface area contributed by atoms with Gasteiger partial charge < -0.3 is 15.0 Å². The molecule has 0 saturated carbocycles. The van der Waals surface area contributed by atoms with E-state index < -0.39 is 0 Å². The highest BCUT2D eigenvalue weighted by Crippen LogP contribution is 2.20. The van der Waals surface area contributed by atoms with Crippen LogP contribution >= 0.6 is 0 Å². The van der Waals surface area contributed by atoms with E-state index in [4.69, 9.17) is 4.74 Å². The Labute approximate surface area is 145 Å². The second-order valence-corrected chi connectivity index (χ2v) is 6.75. The first kappa shape index (κ1) is 18.5. The van der Waals surface area contributed by atoms with Crippen molar-refractivity contribution >= 4 is 12.0 Å². The lowest BCUT2D eigenvalue weighted by molar-refractivity contribution is -0.133. The van der Waals surface area contributed by atoms with Crippen molar-refractivity contribution in [3.05, 3.63) is 30.1 Å². The maximum absolute atomic E-state index is 12.0. The van der Waals surface area contributed by atoms with E-state index in [0.717, 1.165) is 30.7 Å². The van der Waals surface area contributed by atoms with Crippen LogP contribution in [0.2, 0.25) is 0 Å². The zero-order valence-electron chi connectivity index (χ0n) is 15.2. The van der Waals surface area contributed by atoms with Gasteiger partial charge >= 0.3 is 0 Å². The number of hydrogen-bond acceptors (Lipinski definition) is 4. The van der Waals surface area contributed by atoms with Gasteiger partial charge in [0.25, 0.3) is 0 Å². The van der Waals surface area contributed by atoms with Crippen LogP contribution in [0.25, 0.3) is 6.08 Å². The molecule has 0 bridgehead atoms. The summed E-state index contributed by atoms with van der Waals surface area (Å²) < 4.78 is 6.02. The van der Waals surface area contributed by atoms with Crippen molar-refractivity contribution in [1.29, 1.82) is 0 Å². The molecule has 2 rings (SSSR count). The molecule has 1 amide bonds. The molecule has 0 aromatic carbocycles. The van der Waals surface area contributed by atoms with E-state index in [2.05, 4.69) is 29.4 Å². The monoisotopic (exact) mass is 331 g/mol. The summed E-state index contributed by atoms with van der Waals surface area (Å²) in [7, 11) is 1.96. The summed E-state index contributed by atoms with van der Waals surface area (Å²) in [6.45, 7) is 7.45. The first-order valence-electron chi connectivity index (χ1n) is 8.74. The zero-order chi connectivity index (χ0) is 17.5. The van der Waals surface area contributed by atoms with Gasteiger partial charge in [-0.05, 0) is 32.0 Å². The summed E-state index contributed by atoms with van der Waals surface area (Å²) in [6.07, 6.45) is 9.67. The number of aromatic nitrogens is 1. The molecule has 24 heavy (non-hydrogen) atoms. The fourth-order valence-corrected chi connectivity index (χ4v) is 2.70. The van der Waals surface area contributed by atoms with E-state index >= 15 is 0 Å². The van der Waals surface area contributed by atoms with Crippen molar-refractivity contribution in [3.63, 3.8) is 0 Å². The number of nitrogens with zero attached hydrogens (tertiary/aromatic N) is 2. The van der Waals surface area contributed by atoms with Gasteiger partial charge in [0.15, 0.2) is 0 Å². The van der Waals surface area contributed by atoms with Gasteiger partial charge in [0.2, 0.25) is 5.91 Å². The lowest BCUT2D eigenvalue weighted by Gasteiger charge is -2.19. The minimum absolute atomic E-state index is 0.0406. The average molecular weight is 331 g/mol. The van der Waals surface area contributed by atoms with E-state index in [0.29, 0.717) is 12.6 Å². The van der Waals surface area contributed by atoms with E-state index in [1.807, 2.05) is 38.1 Å². The summed E-state index contributed by atoms with van der Waals surface area (Å²) in [4.78, 5) is 18.2. The summed E-state index contributed by atoms with van der Waals surface area (Å²) in [5, 5.41) is 3.21. The van der Waals surface area contributed by atoms with Crippen molar-refractivity contribution in [2.45, 2.75) is 45.8 Å². The maximum atomic E-state index is 12.0. The highest BCUT2D eigenvalue weighted by molar-refractivity contribution is 5.78. The lowest BCUT2D eigenvalue weighted by atomic mass is 10.2. The van der Waals surface area contributed by atoms with E-state index in [9.17, 15) is 4.79 Å². The molecule has 132 valence electrons. The standard InChI is InChI=1S/C19H29N3O2/c1-14(2)19(23)22-9-8-17(13-22)24-18-10-16(11-21-12-18)7-5-6-15(3)20-4/h5,7,10-12,14-15,17,20H,6,8-9,13H2,1-4H3/b7-5+/t15-,17+/m0/s1. The Hall–Kier alpha value is -1.88. The quantitative estimate of drug-likeness (QED) is 0.835. The SMILES string of the molecule is CN[C@@H](C)C/C=C/c1cncc(O[C@@H]2CCN(C(=O)C(C)C)C2)c1. The topological polar surface area (TPSA) is 54.5 Å².